The van der Waals surface area contributed by atoms with Crippen LogP contribution in [0.1, 0.15) is 12.8 Å². The summed E-state index contributed by atoms with van der Waals surface area (Å²) in [5.74, 6) is -1.10. The normalized spacial score (nSPS) is 17.4. The van der Waals surface area contributed by atoms with Crippen molar-refractivity contribution in [3.05, 3.63) is 0 Å². The van der Waals surface area contributed by atoms with Crippen LogP contribution < -0.4 is 0 Å². The van der Waals surface area contributed by atoms with Crippen molar-refractivity contribution in [2.24, 2.45) is 5.92 Å². The number of terminal acetylenes is 1. The van der Waals surface area contributed by atoms with E-state index >= 15 is 0 Å². The maximum Gasteiger partial charge on any atom is 0.350 e. The van der Waals surface area contributed by atoms with E-state index in [-0.39, 0.29) is 19.0 Å². The molecule has 0 aromatic carbocycles. The third-order valence-corrected chi connectivity index (χ3v) is 3.46. The molecule has 3 nitrogen and oxygen atoms in total. The molecule has 1 aliphatic carbocycles. The van der Waals surface area contributed by atoms with Gasteiger partial charge in [-0.25, -0.2) is 8.42 Å². The highest BCUT2D eigenvalue weighted by Gasteiger charge is 2.35. The second-order valence-corrected chi connectivity index (χ2v) is 5.15. The minimum Gasteiger partial charge on any atom is -0.206 e. The SMILES string of the molecule is C#CCN(CC1CC1)S(=O)(=O)C(F)F. The Morgan fingerprint density at radius 3 is 2.43 bits per heavy atom. The molecule has 0 aliphatic heterocycles. The zero-order valence-corrected chi connectivity index (χ0v) is 8.30. The number of nitrogens with zero attached hydrogens (tertiary/aromatic N) is 1. The predicted molar refractivity (Wildman–Crippen MR) is 48.1 cm³/mol. The van der Waals surface area contributed by atoms with Crippen LogP contribution in [0.2, 0.25) is 0 Å². The van der Waals surface area contributed by atoms with Crippen LogP contribution in [0.25, 0.3) is 0 Å². The third kappa shape index (κ3) is 2.66. The summed E-state index contributed by atoms with van der Waals surface area (Å²) in [6, 6.07) is 0. The first kappa shape index (κ1) is 11.4. The second-order valence-electron chi connectivity index (χ2n) is 3.25. The van der Waals surface area contributed by atoms with Gasteiger partial charge in [0.25, 0.3) is 10.0 Å². The fraction of sp³-hybridized carbons (Fsp3) is 0.750. The van der Waals surface area contributed by atoms with Gasteiger partial charge in [0.15, 0.2) is 0 Å². The number of hydrogen-bond acceptors (Lipinski definition) is 2. The second kappa shape index (κ2) is 4.24. The molecule has 0 N–H and O–H groups in total. The van der Waals surface area contributed by atoms with Gasteiger partial charge in [0.2, 0.25) is 0 Å². The van der Waals surface area contributed by atoms with Crippen LogP contribution in [0.15, 0.2) is 0 Å². The van der Waals surface area contributed by atoms with Gasteiger partial charge in [-0.05, 0) is 18.8 Å². The molecule has 14 heavy (non-hydrogen) atoms. The molecule has 0 bridgehead atoms. The molecule has 0 spiro atoms. The fourth-order valence-corrected chi connectivity index (χ4v) is 1.96. The van der Waals surface area contributed by atoms with E-state index in [1.807, 2.05) is 0 Å². The van der Waals surface area contributed by atoms with E-state index in [9.17, 15) is 17.2 Å². The minimum absolute atomic E-state index is 0.122. The molecule has 1 rings (SSSR count). The maximum atomic E-state index is 12.2. The molecule has 0 aromatic heterocycles. The van der Waals surface area contributed by atoms with Gasteiger partial charge in [-0.1, -0.05) is 5.92 Å². The van der Waals surface area contributed by atoms with E-state index in [1.54, 1.807) is 0 Å². The van der Waals surface area contributed by atoms with Crippen molar-refractivity contribution in [1.29, 1.82) is 0 Å². The molecule has 1 saturated carbocycles. The van der Waals surface area contributed by atoms with Crippen LogP contribution >= 0.6 is 0 Å². The Bertz CT molecular complexity index is 330. The van der Waals surface area contributed by atoms with Crippen LogP contribution in [-0.2, 0) is 10.0 Å². The molecular weight excluding hydrogens is 212 g/mol. The minimum atomic E-state index is -4.50. The van der Waals surface area contributed by atoms with Crippen LogP contribution in [-0.4, -0.2) is 31.6 Å². The first-order valence-corrected chi connectivity index (χ1v) is 5.69. The first-order valence-electron chi connectivity index (χ1n) is 4.19. The van der Waals surface area contributed by atoms with E-state index in [0.717, 1.165) is 12.8 Å². The Morgan fingerprint density at radius 1 is 1.50 bits per heavy atom. The summed E-state index contributed by atoms with van der Waals surface area (Å²) >= 11 is 0. The van der Waals surface area contributed by atoms with E-state index in [4.69, 9.17) is 6.42 Å². The summed E-state index contributed by atoms with van der Waals surface area (Å²) in [5, 5.41) is 0. The lowest BCUT2D eigenvalue weighted by atomic mass is 10.4. The van der Waals surface area contributed by atoms with Crippen LogP contribution in [0.4, 0.5) is 8.78 Å². The molecule has 0 unspecified atom stereocenters. The largest absolute Gasteiger partial charge is 0.350 e. The van der Waals surface area contributed by atoms with Crippen molar-refractivity contribution < 1.29 is 17.2 Å². The highest BCUT2D eigenvalue weighted by Crippen LogP contribution is 2.31. The Hall–Kier alpha value is -0.670. The molecule has 80 valence electrons. The molecule has 6 heteroatoms. The van der Waals surface area contributed by atoms with Gasteiger partial charge in [-0.15, -0.1) is 6.42 Å². The Morgan fingerprint density at radius 2 is 2.07 bits per heavy atom. The molecule has 0 heterocycles. The molecule has 1 fully saturated rings. The number of rotatable bonds is 5. The molecule has 0 amide bonds. The third-order valence-electron chi connectivity index (χ3n) is 2.01. The van der Waals surface area contributed by atoms with Crippen molar-refractivity contribution in [1.82, 2.24) is 4.31 Å². The highest BCUT2D eigenvalue weighted by atomic mass is 32.2. The van der Waals surface area contributed by atoms with Crippen molar-refractivity contribution in [3.63, 3.8) is 0 Å². The van der Waals surface area contributed by atoms with Crippen molar-refractivity contribution in [2.45, 2.75) is 18.6 Å². The van der Waals surface area contributed by atoms with Crippen LogP contribution in [0.3, 0.4) is 0 Å². The smallest absolute Gasteiger partial charge is 0.206 e. The molecule has 0 radical (unpaired) electrons. The van der Waals surface area contributed by atoms with E-state index < -0.39 is 15.8 Å². The number of sulfonamides is 1. The lowest BCUT2D eigenvalue weighted by Crippen LogP contribution is -2.37. The number of halogens is 2. The summed E-state index contributed by atoms with van der Waals surface area (Å²) in [5.41, 5.74) is 0. The predicted octanol–water partition coefficient (Wildman–Crippen LogP) is 0.884. The van der Waals surface area contributed by atoms with Crippen LogP contribution in [0.5, 0.6) is 0 Å². The van der Waals surface area contributed by atoms with E-state index in [1.165, 1.54) is 0 Å². The summed E-state index contributed by atoms with van der Waals surface area (Å²) in [6.07, 6.45) is 6.70. The maximum absolute atomic E-state index is 12.2. The Labute approximate surface area is 82.1 Å². The van der Waals surface area contributed by atoms with Gasteiger partial charge >= 0.3 is 5.76 Å². The summed E-state index contributed by atoms with van der Waals surface area (Å²) in [4.78, 5) is 0. The molecular formula is C8H11F2NO2S. The van der Waals surface area contributed by atoms with Crippen LogP contribution in [0, 0.1) is 18.3 Å². The van der Waals surface area contributed by atoms with Gasteiger partial charge in [-0.3, -0.25) is 0 Å². The monoisotopic (exact) mass is 223 g/mol. The number of alkyl halides is 2. The highest BCUT2D eigenvalue weighted by molar-refractivity contribution is 7.89. The lowest BCUT2D eigenvalue weighted by Gasteiger charge is -2.18. The van der Waals surface area contributed by atoms with Gasteiger partial charge in [0, 0.05) is 6.54 Å². The summed E-state index contributed by atoms with van der Waals surface area (Å²) in [7, 11) is -4.50. The van der Waals surface area contributed by atoms with Gasteiger partial charge in [0.05, 0.1) is 6.54 Å². The molecule has 0 aromatic rings. The summed E-state index contributed by atoms with van der Waals surface area (Å²) in [6.45, 7) is -0.153. The molecule has 0 atom stereocenters. The Balaban J connectivity index is 2.70. The first-order chi connectivity index (χ1) is 6.48. The molecule has 1 aliphatic rings. The zero-order valence-electron chi connectivity index (χ0n) is 7.49. The topological polar surface area (TPSA) is 37.4 Å². The molecule has 0 saturated heterocycles. The van der Waals surface area contributed by atoms with Crippen molar-refractivity contribution in [3.8, 4) is 12.3 Å². The van der Waals surface area contributed by atoms with E-state index in [2.05, 4.69) is 5.92 Å². The zero-order chi connectivity index (χ0) is 10.8. The standard InChI is InChI=1S/C8H11F2NO2S/c1-2-5-11(6-7-3-4-7)14(12,13)8(9)10/h1,7-8H,3-6H2. The van der Waals surface area contributed by atoms with Crippen molar-refractivity contribution in [2.75, 3.05) is 13.1 Å². The summed E-state index contributed by atoms with van der Waals surface area (Å²) < 4.78 is 47.1. The fourth-order valence-electron chi connectivity index (χ4n) is 1.06. The average Bonchev–Trinajstić information content (AvgIpc) is 2.87. The van der Waals surface area contributed by atoms with E-state index in [0.29, 0.717) is 4.31 Å². The average molecular weight is 223 g/mol. The van der Waals surface area contributed by atoms with Gasteiger partial charge < -0.3 is 0 Å². The van der Waals surface area contributed by atoms with Crippen molar-refractivity contribution >= 4 is 10.0 Å². The van der Waals surface area contributed by atoms with Gasteiger partial charge in [-0.2, -0.15) is 13.1 Å². The quantitative estimate of drug-likeness (QED) is 0.649. The number of hydrogen-bond donors (Lipinski definition) is 0. The van der Waals surface area contributed by atoms with Gasteiger partial charge in [0.1, 0.15) is 0 Å². The Kier molecular flexibility index (Phi) is 3.45. The lowest BCUT2D eigenvalue weighted by molar-refractivity contribution is 0.220.